The van der Waals surface area contributed by atoms with Crippen molar-refractivity contribution >= 4 is 10.8 Å². The number of hydrogen-bond donors (Lipinski definition) is 0. The molecule has 0 atom stereocenters. The zero-order valence-corrected chi connectivity index (χ0v) is 26.1. The van der Waals surface area contributed by atoms with Crippen LogP contribution in [-0.2, 0) is 6.11 Å². The molecule has 0 aliphatic heterocycles. The van der Waals surface area contributed by atoms with Crippen molar-refractivity contribution in [3.63, 3.8) is 0 Å². The molecule has 0 amide bonds. The van der Waals surface area contributed by atoms with Gasteiger partial charge in [0.25, 0.3) is 0 Å². The average Bonchev–Trinajstić information content (AvgIpc) is 3.02. The summed E-state index contributed by atoms with van der Waals surface area (Å²) in [6, 6.07) is 13.0. The van der Waals surface area contributed by atoms with Crippen molar-refractivity contribution < 1.29 is 53.0 Å². The maximum Gasteiger partial charge on any atom is 0.432 e. The SMILES string of the molecule is Cc1ccc(-c2cc(C)c(C#Cc3cc(F)c(-c4cc(F)c(C(F)(F)Oc5cc(F)c6c(F)c(F)c(F)cc6c5)c(F)c4)c(F)c3)c(F)c2)cc1. The molecule has 0 aliphatic carbocycles. The van der Waals surface area contributed by atoms with Crippen molar-refractivity contribution in [3.05, 3.63) is 159 Å². The Hall–Kier alpha value is -5.83. The monoisotopic (exact) mass is 712 g/mol. The molecular formula is C39H19F11O. The normalized spacial score (nSPS) is 11.5. The minimum atomic E-state index is -4.91. The fraction of sp³-hybridized carbons (Fsp3) is 0.0769. The van der Waals surface area contributed by atoms with E-state index in [1.807, 2.05) is 31.2 Å². The Morgan fingerprint density at radius 1 is 0.529 bits per heavy atom. The number of ether oxygens (including phenoxy) is 1. The summed E-state index contributed by atoms with van der Waals surface area (Å²) in [5.74, 6) is -11.1. The standard InChI is InChI=1S/C39H19F11O/c1-18-3-6-21(7-4-18)22-9-19(2)26(27(40)13-22)8-5-20-10-28(41)34(29(42)11-20)24-14-31(44)36(32(45)15-24)39(49,50)51-25-12-23-16-33(46)37(47)38(48)35(23)30(43)17-25/h3-4,6-7,9-17H,1-2H3. The molecule has 258 valence electrons. The van der Waals surface area contributed by atoms with Crippen molar-refractivity contribution in [2.75, 3.05) is 0 Å². The molecule has 51 heavy (non-hydrogen) atoms. The highest BCUT2D eigenvalue weighted by Gasteiger charge is 2.42. The maximum absolute atomic E-state index is 15.2. The minimum absolute atomic E-state index is 0.0433. The van der Waals surface area contributed by atoms with Crippen molar-refractivity contribution in [3.8, 4) is 39.8 Å². The van der Waals surface area contributed by atoms with Gasteiger partial charge in [-0.25, -0.2) is 39.5 Å². The highest BCUT2D eigenvalue weighted by molar-refractivity contribution is 5.85. The third-order valence-electron chi connectivity index (χ3n) is 7.91. The van der Waals surface area contributed by atoms with E-state index in [0.717, 1.165) is 11.1 Å². The number of rotatable bonds is 5. The Balaban J connectivity index is 1.29. The van der Waals surface area contributed by atoms with E-state index in [-0.39, 0.29) is 29.3 Å². The van der Waals surface area contributed by atoms with Crippen LogP contribution in [0.2, 0.25) is 0 Å². The van der Waals surface area contributed by atoms with Gasteiger partial charge in [0.1, 0.15) is 46.2 Å². The van der Waals surface area contributed by atoms with Gasteiger partial charge in [0.2, 0.25) is 0 Å². The fourth-order valence-electron chi connectivity index (χ4n) is 5.49. The first-order valence-corrected chi connectivity index (χ1v) is 14.8. The molecule has 0 fully saturated rings. The summed E-state index contributed by atoms with van der Waals surface area (Å²) in [6.07, 6.45) is -4.91. The first-order chi connectivity index (χ1) is 24.0. The lowest BCUT2D eigenvalue weighted by atomic mass is 9.98. The van der Waals surface area contributed by atoms with Crippen molar-refractivity contribution in [2.45, 2.75) is 20.0 Å². The largest absolute Gasteiger partial charge is 0.432 e. The highest BCUT2D eigenvalue weighted by Crippen LogP contribution is 2.40. The van der Waals surface area contributed by atoms with Gasteiger partial charge in [0, 0.05) is 11.6 Å². The highest BCUT2D eigenvalue weighted by atomic mass is 19.3. The zero-order valence-electron chi connectivity index (χ0n) is 26.1. The number of halogens is 11. The summed E-state index contributed by atoms with van der Waals surface area (Å²) in [4.78, 5) is 0. The fourth-order valence-corrected chi connectivity index (χ4v) is 5.49. The van der Waals surface area contributed by atoms with E-state index >= 15 is 30.7 Å². The third kappa shape index (κ3) is 6.71. The van der Waals surface area contributed by atoms with E-state index in [1.165, 1.54) is 6.07 Å². The van der Waals surface area contributed by atoms with Crippen molar-refractivity contribution in [1.29, 1.82) is 0 Å². The van der Waals surface area contributed by atoms with Crippen LogP contribution >= 0.6 is 0 Å². The van der Waals surface area contributed by atoms with Crippen LogP contribution in [0.25, 0.3) is 33.0 Å². The Kier molecular flexibility index (Phi) is 9.02. The molecule has 0 aromatic heterocycles. The van der Waals surface area contributed by atoms with E-state index in [4.69, 9.17) is 0 Å². The number of alkyl halides is 2. The van der Waals surface area contributed by atoms with Crippen LogP contribution in [0.3, 0.4) is 0 Å². The average molecular weight is 713 g/mol. The van der Waals surface area contributed by atoms with E-state index in [9.17, 15) is 17.6 Å². The quantitative estimate of drug-likeness (QED) is 0.0982. The summed E-state index contributed by atoms with van der Waals surface area (Å²) in [5.41, 5.74) is -1.42. The lowest BCUT2D eigenvalue weighted by Crippen LogP contribution is -2.25. The smallest absolute Gasteiger partial charge is 0.429 e. The van der Waals surface area contributed by atoms with Gasteiger partial charge < -0.3 is 4.74 Å². The van der Waals surface area contributed by atoms with Crippen LogP contribution in [0.4, 0.5) is 48.3 Å². The second-order valence-electron chi connectivity index (χ2n) is 11.5. The molecule has 6 aromatic carbocycles. The molecule has 6 aromatic rings. The summed E-state index contributed by atoms with van der Waals surface area (Å²) < 4.78 is 165. The van der Waals surface area contributed by atoms with E-state index in [1.54, 1.807) is 13.0 Å². The molecule has 0 saturated heterocycles. The molecular weight excluding hydrogens is 693 g/mol. The molecule has 0 heterocycles. The minimum Gasteiger partial charge on any atom is -0.429 e. The third-order valence-corrected chi connectivity index (χ3v) is 7.91. The van der Waals surface area contributed by atoms with E-state index in [2.05, 4.69) is 16.6 Å². The second-order valence-corrected chi connectivity index (χ2v) is 11.5. The number of aryl methyl sites for hydroxylation is 2. The van der Waals surface area contributed by atoms with E-state index < -0.39 is 91.7 Å². The molecule has 1 nitrogen and oxygen atoms in total. The van der Waals surface area contributed by atoms with Gasteiger partial charge in [0.05, 0.1) is 16.5 Å². The van der Waals surface area contributed by atoms with Gasteiger partial charge >= 0.3 is 6.11 Å². The Labute approximate surface area is 282 Å². The Morgan fingerprint density at radius 2 is 1.14 bits per heavy atom. The topological polar surface area (TPSA) is 9.23 Å². The van der Waals surface area contributed by atoms with Gasteiger partial charge in [-0.1, -0.05) is 41.7 Å². The van der Waals surface area contributed by atoms with Gasteiger partial charge in [-0.3, -0.25) is 0 Å². The van der Waals surface area contributed by atoms with Crippen LogP contribution in [0.5, 0.6) is 5.75 Å². The van der Waals surface area contributed by atoms with Gasteiger partial charge in [-0.05, 0) is 90.0 Å². The summed E-state index contributed by atoms with van der Waals surface area (Å²) in [5, 5.41) is -1.84. The molecule has 0 unspecified atom stereocenters. The van der Waals surface area contributed by atoms with Crippen LogP contribution in [0.15, 0.2) is 78.9 Å². The molecule has 0 radical (unpaired) electrons. The molecule has 6 rings (SSSR count). The van der Waals surface area contributed by atoms with Gasteiger partial charge in [0.15, 0.2) is 17.5 Å². The Morgan fingerprint density at radius 3 is 1.75 bits per heavy atom. The first-order valence-electron chi connectivity index (χ1n) is 14.8. The Bertz CT molecular complexity index is 2370. The predicted molar refractivity (Wildman–Crippen MR) is 167 cm³/mol. The molecule has 0 N–H and O–H groups in total. The molecule has 0 bridgehead atoms. The maximum atomic E-state index is 15.2. The van der Waals surface area contributed by atoms with Crippen molar-refractivity contribution in [1.82, 2.24) is 0 Å². The summed E-state index contributed by atoms with van der Waals surface area (Å²) >= 11 is 0. The van der Waals surface area contributed by atoms with Gasteiger partial charge in [-0.2, -0.15) is 8.78 Å². The number of hydrogen-bond acceptors (Lipinski definition) is 1. The molecule has 12 heteroatoms. The zero-order chi connectivity index (χ0) is 36.9. The van der Waals surface area contributed by atoms with Crippen LogP contribution in [0, 0.1) is 78.0 Å². The molecule has 0 aliphatic rings. The molecule has 0 spiro atoms. The number of fused-ring (bicyclic) bond motifs is 1. The van der Waals surface area contributed by atoms with Crippen molar-refractivity contribution in [2.24, 2.45) is 0 Å². The first kappa shape index (κ1) is 35.0. The molecule has 0 saturated carbocycles. The van der Waals surface area contributed by atoms with Crippen LogP contribution < -0.4 is 4.74 Å². The lowest BCUT2D eigenvalue weighted by Gasteiger charge is -2.20. The van der Waals surface area contributed by atoms with Crippen LogP contribution in [-0.4, -0.2) is 0 Å². The number of benzene rings is 6. The second kappa shape index (κ2) is 13.1. The van der Waals surface area contributed by atoms with Gasteiger partial charge in [-0.15, -0.1) is 0 Å². The van der Waals surface area contributed by atoms with Crippen LogP contribution in [0.1, 0.15) is 27.8 Å². The van der Waals surface area contributed by atoms with E-state index in [0.29, 0.717) is 35.4 Å². The summed E-state index contributed by atoms with van der Waals surface area (Å²) in [7, 11) is 0. The predicted octanol–water partition coefficient (Wildman–Crippen LogP) is 11.6. The lowest BCUT2D eigenvalue weighted by molar-refractivity contribution is -0.189. The summed E-state index contributed by atoms with van der Waals surface area (Å²) in [6.45, 7) is 3.50.